The summed E-state index contributed by atoms with van der Waals surface area (Å²) in [4.78, 5) is 26.1. The third kappa shape index (κ3) is 4.09. The Morgan fingerprint density at radius 1 is 1.40 bits per heavy atom. The number of unbranched alkanes of at least 4 members (excludes halogenated alkanes) is 1. The molecule has 20 heavy (non-hydrogen) atoms. The number of ketones is 1. The Labute approximate surface area is 122 Å². The van der Waals surface area contributed by atoms with Crippen LogP contribution < -0.4 is 0 Å². The highest BCUT2D eigenvalue weighted by atomic mass is 16.6. The predicted molar refractivity (Wildman–Crippen MR) is 79.3 cm³/mol. The van der Waals surface area contributed by atoms with Crippen LogP contribution in [0.15, 0.2) is 11.8 Å². The summed E-state index contributed by atoms with van der Waals surface area (Å²) in [6, 6.07) is -0.420. The molecule has 0 saturated carbocycles. The highest BCUT2D eigenvalue weighted by molar-refractivity contribution is 6.01. The second-order valence-electron chi connectivity index (χ2n) is 6.68. The van der Waals surface area contributed by atoms with Crippen molar-refractivity contribution in [3.05, 3.63) is 11.8 Å². The largest absolute Gasteiger partial charge is 0.443 e. The van der Waals surface area contributed by atoms with Crippen molar-refractivity contribution in [2.75, 3.05) is 0 Å². The van der Waals surface area contributed by atoms with Crippen LogP contribution in [0.5, 0.6) is 0 Å². The molecule has 0 spiro atoms. The van der Waals surface area contributed by atoms with E-state index < -0.39 is 17.7 Å². The quantitative estimate of drug-likeness (QED) is 0.785. The molecule has 0 N–H and O–H groups in total. The molecule has 1 atom stereocenters. The van der Waals surface area contributed by atoms with Gasteiger partial charge in [0.05, 0.1) is 0 Å². The third-order valence-electron chi connectivity index (χ3n) is 3.20. The van der Waals surface area contributed by atoms with Crippen LogP contribution in [0.1, 0.15) is 60.8 Å². The minimum Gasteiger partial charge on any atom is -0.443 e. The topological polar surface area (TPSA) is 46.6 Å². The van der Waals surface area contributed by atoms with Crippen LogP contribution in [0.2, 0.25) is 0 Å². The minimum atomic E-state index is -0.555. The molecule has 1 heterocycles. The molecule has 1 rings (SSSR count). The maximum atomic E-state index is 12.4. The van der Waals surface area contributed by atoms with Crippen LogP contribution in [0, 0.1) is 5.92 Å². The first-order valence-electron chi connectivity index (χ1n) is 7.44. The number of hydrogen-bond acceptors (Lipinski definition) is 3. The summed E-state index contributed by atoms with van der Waals surface area (Å²) in [5, 5.41) is 0. The lowest BCUT2D eigenvalue weighted by Gasteiger charge is -2.31. The fraction of sp³-hybridized carbons (Fsp3) is 0.750. The lowest BCUT2D eigenvalue weighted by atomic mass is 10.0. The van der Waals surface area contributed by atoms with Gasteiger partial charge in [-0.1, -0.05) is 27.2 Å². The smallest absolute Gasteiger partial charge is 0.415 e. The molecular formula is C16H27NO3. The van der Waals surface area contributed by atoms with Gasteiger partial charge in [0.1, 0.15) is 11.6 Å². The van der Waals surface area contributed by atoms with Crippen LogP contribution in [0.25, 0.3) is 0 Å². The molecule has 0 aromatic carbocycles. The summed E-state index contributed by atoms with van der Waals surface area (Å²) in [6.45, 7) is 11.5. The number of ether oxygens (including phenoxy) is 1. The summed E-state index contributed by atoms with van der Waals surface area (Å²) < 4.78 is 5.45. The van der Waals surface area contributed by atoms with E-state index in [0.29, 0.717) is 0 Å². The van der Waals surface area contributed by atoms with Crippen LogP contribution in [0.3, 0.4) is 0 Å². The van der Waals surface area contributed by atoms with Crippen molar-refractivity contribution in [2.45, 2.75) is 72.4 Å². The molecule has 4 heteroatoms. The van der Waals surface area contributed by atoms with Gasteiger partial charge in [0, 0.05) is 11.8 Å². The summed E-state index contributed by atoms with van der Waals surface area (Å²) in [7, 11) is 0. The normalized spacial score (nSPS) is 19.6. The van der Waals surface area contributed by atoms with Gasteiger partial charge in [-0.05, 0) is 39.5 Å². The van der Waals surface area contributed by atoms with Gasteiger partial charge >= 0.3 is 6.09 Å². The van der Waals surface area contributed by atoms with Crippen molar-refractivity contribution in [2.24, 2.45) is 5.92 Å². The first kappa shape index (κ1) is 16.7. The van der Waals surface area contributed by atoms with Crippen molar-refractivity contribution in [3.8, 4) is 0 Å². The Kier molecular flexibility index (Phi) is 5.37. The SMILES string of the molecule is CCCCC1=CC(=O)C(C(C)C)N1C(=O)OC(C)(C)C. The van der Waals surface area contributed by atoms with Crippen LogP contribution >= 0.6 is 0 Å². The number of allylic oxidation sites excluding steroid dienone is 1. The molecule has 0 bridgehead atoms. The molecule has 4 nitrogen and oxygen atoms in total. The molecule has 0 saturated heterocycles. The average Bonchev–Trinajstić information content (AvgIpc) is 2.61. The minimum absolute atomic E-state index is 0.0111. The van der Waals surface area contributed by atoms with Crippen LogP contribution in [0.4, 0.5) is 4.79 Å². The molecule has 1 aliphatic heterocycles. The number of hydrogen-bond donors (Lipinski definition) is 0. The van der Waals surface area contributed by atoms with Gasteiger partial charge in [-0.25, -0.2) is 4.79 Å². The van der Waals surface area contributed by atoms with E-state index in [1.165, 1.54) is 0 Å². The second kappa shape index (κ2) is 6.42. The van der Waals surface area contributed by atoms with E-state index in [0.717, 1.165) is 25.0 Å². The number of nitrogens with zero attached hydrogens (tertiary/aromatic N) is 1. The molecule has 114 valence electrons. The first-order chi connectivity index (χ1) is 9.17. The van der Waals surface area contributed by atoms with Gasteiger partial charge in [-0.15, -0.1) is 0 Å². The van der Waals surface area contributed by atoms with Gasteiger partial charge in [-0.2, -0.15) is 0 Å². The van der Waals surface area contributed by atoms with Crippen molar-refractivity contribution < 1.29 is 14.3 Å². The van der Waals surface area contributed by atoms with E-state index >= 15 is 0 Å². The molecule has 0 aromatic rings. The Morgan fingerprint density at radius 3 is 2.45 bits per heavy atom. The maximum Gasteiger partial charge on any atom is 0.415 e. The van der Waals surface area contributed by atoms with Crippen molar-refractivity contribution >= 4 is 11.9 Å². The number of carbonyl (C=O) groups excluding carboxylic acids is 2. The molecule has 0 radical (unpaired) electrons. The summed E-state index contributed by atoms with van der Waals surface area (Å²) in [6.07, 6.45) is 3.93. The monoisotopic (exact) mass is 281 g/mol. The standard InChI is InChI=1S/C16H27NO3/c1-7-8-9-12-10-13(18)14(11(2)3)17(12)15(19)20-16(4,5)6/h10-11,14H,7-9H2,1-6H3. The molecule has 0 aromatic heterocycles. The average molecular weight is 281 g/mol. The lowest BCUT2D eigenvalue weighted by Crippen LogP contribution is -2.44. The van der Waals surface area contributed by atoms with E-state index in [4.69, 9.17) is 4.74 Å². The van der Waals surface area contributed by atoms with Crippen LogP contribution in [-0.4, -0.2) is 28.4 Å². The maximum absolute atomic E-state index is 12.4. The van der Waals surface area contributed by atoms with E-state index in [-0.39, 0.29) is 11.7 Å². The Morgan fingerprint density at radius 2 is 2.00 bits per heavy atom. The van der Waals surface area contributed by atoms with Crippen LogP contribution in [-0.2, 0) is 9.53 Å². The fourth-order valence-electron chi connectivity index (χ4n) is 2.34. The zero-order valence-electron chi connectivity index (χ0n) is 13.5. The van der Waals surface area contributed by atoms with E-state index in [2.05, 4.69) is 6.92 Å². The Bertz CT molecular complexity index is 404. The summed E-state index contributed by atoms with van der Waals surface area (Å²) in [5.41, 5.74) is 0.241. The molecular weight excluding hydrogens is 254 g/mol. The highest BCUT2D eigenvalue weighted by Crippen LogP contribution is 2.30. The van der Waals surface area contributed by atoms with Gasteiger partial charge in [0.25, 0.3) is 0 Å². The third-order valence-corrected chi connectivity index (χ3v) is 3.20. The van der Waals surface area contributed by atoms with Crippen molar-refractivity contribution in [1.29, 1.82) is 0 Å². The Balaban J connectivity index is 2.97. The lowest BCUT2D eigenvalue weighted by molar-refractivity contribution is -0.118. The highest BCUT2D eigenvalue weighted by Gasteiger charge is 2.40. The fourth-order valence-corrected chi connectivity index (χ4v) is 2.34. The van der Waals surface area contributed by atoms with Gasteiger partial charge < -0.3 is 4.74 Å². The van der Waals surface area contributed by atoms with E-state index in [9.17, 15) is 9.59 Å². The number of carbonyl (C=O) groups is 2. The zero-order valence-corrected chi connectivity index (χ0v) is 13.5. The number of amides is 1. The molecule has 1 amide bonds. The molecule has 1 unspecified atom stereocenters. The van der Waals surface area contributed by atoms with Gasteiger partial charge in [0.2, 0.25) is 0 Å². The van der Waals surface area contributed by atoms with Gasteiger partial charge in [0.15, 0.2) is 5.78 Å². The van der Waals surface area contributed by atoms with E-state index in [1.54, 1.807) is 11.0 Å². The van der Waals surface area contributed by atoms with E-state index in [1.807, 2.05) is 34.6 Å². The molecule has 0 aliphatic carbocycles. The predicted octanol–water partition coefficient (Wildman–Crippen LogP) is 3.90. The summed E-state index contributed by atoms with van der Waals surface area (Å²) >= 11 is 0. The molecule has 1 aliphatic rings. The van der Waals surface area contributed by atoms with Gasteiger partial charge in [-0.3, -0.25) is 9.69 Å². The van der Waals surface area contributed by atoms with Crippen molar-refractivity contribution in [3.63, 3.8) is 0 Å². The summed E-state index contributed by atoms with van der Waals surface area (Å²) in [5.74, 6) is 0.0855. The second-order valence-corrected chi connectivity index (χ2v) is 6.68. The van der Waals surface area contributed by atoms with Crippen molar-refractivity contribution in [1.82, 2.24) is 4.90 Å². The molecule has 0 fully saturated rings. The Hall–Kier alpha value is -1.32. The first-order valence-corrected chi connectivity index (χ1v) is 7.44. The number of rotatable bonds is 4. The zero-order chi connectivity index (χ0) is 15.5.